The van der Waals surface area contributed by atoms with Crippen LogP contribution < -0.4 is 5.32 Å². The van der Waals surface area contributed by atoms with Crippen LogP contribution in [-0.2, 0) is 11.2 Å². The summed E-state index contributed by atoms with van der Waals surface area (Å²) in [6, 6.07) is 17.0. The highest BCUT2D eigenvalue weighted by atomic mass is 35.5. The van der Waals surface area contributed by atoms with Gasteiger partial charge >= 0.3 is 0 Å². The van der Waals surface area contributed by atoms with E-state index in [0.29, 0.717) is 5.02 Å². The summed E-state index contributed by atoms with van der Waals surface area (Å²) < 4.78 is 1.97. The van der Waals surface area contributed by atoms with Crippen molar-refractivity contribution in [2.45, 2.75) is 19.4 Å². The first kappa shape index (κ1) is 16.3. The molecule has 2 heterocycles. The van der Waals surface area contributed by atoms with Crippen molar-refractivity contribution in [1.82, 2.24) is 14.9 Å². The topological polar surface area (TPSA) is 46.9 Å². The zero-order valence-corrected chi connectivity index (χ0v) is 14.1. The maximum absolute atomic E-state index is 12.4. The third kappa shape index (κ3) is 3.84. The molecule has 1 amide bonds. The van der Waals surface area contributed by atoms with E-state index in [1.54, 1.807) is 6.20 Å². The number of amides is 1. The van der Waals surface area contributed by atoms with Gasteiger partial charge in [-0.1, -0.05) is 23.7 Å². The van der Waals surface area contributed by atoms with Crippen LogP contribution in [-0.4, -0.2) is 15.5 Å². The van der Waals surface area contributed by atoms with Gasteiger partial charge in [-0.15, -0.1) is 0 Å². The van der Waals surface area contributed by atoms with E-state index in [9.17, 15) is 4.79 Å². The number of hydrogen-bond donors (Lipinski definition) is 1. The molecule has 1 atom stereocenters. The quantitative estimate of drug-likeness (QED) is 0.765. The van der Waals surface area contributed by atoms with Gasteiger partial charge in [-0.3, -0.25) is 9.78 Å². The molecular formula is C19H18ClN3O. The molecule has 0 bridgehead atoms. The normalized spacial score (nSPS) is 11.9. The average Bonchev–Trinajstić information content (AvgIpc) is 3.03. The van der Waals surface area contributed by atoms with Crippen molar-refractivity contribution in [2.24, 2.45) is 0 Å². The Labute approximate surface area is 146 Å². The monoisotopic (exact) mass is 339 g/mol. The molecule has 1 aromatic carbocycles. The summed E-state index contributed by atoms with van der Waals surface area (Å²) >= 11 is 6.06. The van der Waals surface area contributed by atoms with Crippen LogP contribution in [0.1, 0.15) is 24.4 Å². The second kappa shape index (κ2) is 7.32. The number of hydrogen-bond acceptors (Lipinski definition) is 2. The first-order chi connectivity index (χ1) is 11.6. The minimum Gasteiger partial charge on any atom is -0.348 e. The van der Waals surface area contributed by atoms with Crippen molar-refractivity contribution in [3.63, 3.8) is 0 Å². The van der Waals surface area contributed by atoms with E-state index in [1.807, 2.05) is 72.3 Å². The van der Waals surface area contributed by atoms with Crippen LogP contribution >= 0.6 is 11.6 Å². The van der Waals surface area contributed by atoms with Gasteiger partial charge in [-0.25, -0.2) is 0 Å². The van der Waals surface area contributed by atoms with Gasteiger partial charge in [0.05, 0.1) is 18.2 Å². The summed E-state index contributed by atoms with van der Waals surface area (Å²) in [4.78, 5) is 16.6. The van der Waals surface area contributed by atoms with Gasteiger partial charge in [0.15, 0.2) is 0 Å². The highest BCUT2D eigenvalue weighted by Gasteiger charge is 2.13. The fourth-order valence-electron chi connectivity index (χ4n) is 2.60. The molecule has 0 aliphatic carbocycles. The second-order valence-electron chi connectivity index (χ2n) is 5.57. The SMILES string of the molecule is C[C@H](NC(=O)Cc1cccn1-c1cccc(Cl)c1)c1ccccn1. The fraction of sp³-hybridized carbons (Fsp3) is 0.158. The third-order valence-electron chi connectivity index (χ3n) is 3.77. The molecule has 4 nitrogen and oxygen atoms in total. The van der Waals surface area contributed by atoms with E-state index in [-0.39, 0.29) is 18.4 Å². The average molecular weight is 340 g/mol. The summed E-state index contributed by atoms with van der Waals surface area (Å²) in [7, 11) is 0. The molecule has 2 aromatic heterocycles. The van der Waals surface area contributed by atoms with Gasteiger partial charge in [0.2, 0.25) is 5.91 Å². The summed E-state index contributed by atoms with van der Waals surface area (Å²) in [6.07, 6.45) is 3.94. The van der Waals surface area contributed by atoms with Crippen LogP contribution in [0.3, 0.4) is 0 Å². The van der Waals surface area contributed by atoms with Crippen LogP contribution in [0.4, 0.5) is 0 Å². The molecule has 0 saturated heterocycles. The van der Waals surface area contributed by atoms with Crippen LogP contribution in [0.2, 0.25) is 5.02 Å². The summed E-state index contributed by atoms with van der Waals surface area (Å²) in [5.74, 6) is -0.0462. The Morgan fingerprint density at radius 1 is 1.21 bits per heavy atom. The molecule has 3 aromatic rings. The van der Waals surface area contributed by atoms with Gasteiger partial charge in [-0.2, -0.15) is 0 Å². The maximum Gasteiger partial charge on any atom is 0.226 e. The molecule has 1 N–H and O–H groups in total. The Morgan fingerprint density at radius 3 is 2.83 bits per heavy atom. The molecule has 0 saturated carbocycles. The van der Waals surface area contributed by atoms with Crippen molar-refractivity contribution in [3.05, 3.63) is 83.4 Å². The number of nitrogens with zero attached hydrogens (tertiary/aromatic N) is 2. The van der Waals surface area contributed by atoms with Crippen LogP contribution in [0, 0.1) is 0 Å². The minimum atomic E-state index is -0.131. The number of nitrogens with one attached hydrogen (secondary N) is 1. The number of pyridine rings is 1. The number of rotatable bonds is 5. The smallest absolute Gasteiger partial charge is 0.226 e. The van der Waals surface area contributed by atoms with E-state index in [4.69, 9.17) is 11.6 Å². The molecule has 24 heavy (non-hydrogen) atoms. The number of benzene rings is 1. The Morgan fingerprint density at radius 2 is 2.08 bits per heavy atom. The molecule has 0 aliphatic rings. The largest absolute Gasteiger partial charge is 0.348 e. The highest BCUT2D eigenvalue weighted by molar-refractivity contribution is 6.30. The van der Waals surface area contributed by atoms with Crippen LogP contribution in [0.15, 0.2) is 67.0 Å². The summed E-state index contributed by atoms with van der Waals surface area (Å²) in [5.41, 5.74) is 2.69. The maximum atomic E-state index is 12.4. The molecule has 0 aliphatic heterocycles. The summed E-state index contributed by atoms with van der Waals surface area (Å²) in [6.45, 7) is 1.93. The zero-order chi connectivity index (χ0) is 16.9. The lowest BCUT2D eigenvalue weighted by molar-refractivity contribution is -0.121. The number of carbonyl (C=O) groups is 1. The lowest BCUT2D eigenvalue weighted by atomic mass is 10.2. The molecule has 0 spiro atoms. The molecule has 3 rings (SSSR count). The van der Waals surface area contributed by atoms with E-state index in [0.717, 1.165) is 17.1 Å². The van der Waals surface area contributed by atoms with Crippen molar-refractivity contribution in [1.29, 1.82) is 0 Å². The third-order valence-corrected chi connectivity index (χ3v) is 4.01. The number of aromatic nitrogens is 2. The first-order valence-electron chi connectivity index (χ1n) is 7.76. The van der Waals surface area contributed by atoms with Gasteiger partial charge in [0.1, 0.15) is 0 Å². The van der Waals surface area contributed by atoms with Gasteiger partial charge in [0, 0.05) is 28.8 Å². The lowest BCUT2D eigenvalue weighted by Crippen LogP contribution is -2.29. The molecule has 122 valence electrons. The van der Waals surface area contributed by atoms with Crippen LogP contribution in [0.25, 0.3) is 5.69 Å². The summed E-state index contributed by atoms with van der Waals surface area (Å²) in [5, 5.41) is 3.65. The van der Waals surface area contributed by atoms with Crippen LogP contribution in [0.5, 0.6) is 0 Å². The lowest BCUT2D eigenvalue weighted by Gasteiger charge is -2.14. The highest BCUT2D eigenvalue weighted by Crippen LogP contribution is 2.18. The van der Waals surface area contributed by atoms with Crippen molar-refractivity contribution in [3.8, 4) is 5.69 Å². The zero-order valence-electron chi connectivity index (χ0n) is 13.3. The van der Waals surface area contributed by atoms with Gasteiger partial charge in [0.25, 0.3) is 0 Å². The molecule has 0 fully saturated rings. The minimum absolute atomic E-state index is 0.0462. The fourth-order valence-corrected chi connectivity index (χ4v) is 2.79. The van der Waals surface area contributed by atoms with Gasteiger partial charge < -0.3 is 9.88 Å². The predicted molar refractivity (Wildman–Crippen MR) is 95.3 cm³/mol. The molecular weight excluding hydrogens is 322 g/mol. The molecule has 5 heteroatoms. The van der Waals surface area contributed by atoms with Gasteiger partial charge in [-0.05, 0) is 49.4 Å². The second-order valence-corrected chi connectivity index (χ2v) is 6.01. The van der Waals surface area contributed by atoms with Crippen molar-refractivity contribution >= 4 is 17.5 Å². The van der Waals surface area contributed by atoms with E-state index in [1.165, 1.54) is 0 Å². The van der Waals surface area contributed by atoms with Crippen molar-refractivity contribution in [2.75, 3.05) is 0 Å². The predicted octanol–water partition coefficient (Wildman–Crippen LogP) is 3.95. The first-order valence-corrected chi connectivity index (χ1v) is 8.14. The Hall–Kier alpha value is -2.59. The Balaban J connectivity index is 1.71. The standard InChI is InChI=1S/C19H18ClN3O/c1-14(18-9-2-3-10-21-18)22-19(24)13-17-8-5-11-23(17)16-7-4-6-15(20)12-16/h2-12,14H,13H2,1H3,(H,22,24)/t14-/m0/s1. The molecule has 0 radical (unpaired) electrons. The molecule has 0 unspecified atom stereocenters. The number of halogens is 1. The Kier molecular flexibility index (Phi) is 4.96. The van der Waals surface area contributed by atoms with E-state index >= 15 is 0 Å². The van der Waals surface area contributed by atoms with Crippen molar-refractivity contribution < 1.29 is 4.79 Å². The van der Waals surface area contributed by atoms with E-state index in [2.05, 4.69) is 10.3 Å². The Bertz CT molecular complexity index is 829. The van der Waals surface area contributed by atoms with E-state index < -0.39 is 0 Å². The number of carbonyl (C=O) groups excluding carboxylic acids is 1.